The van der Waals surface area contributed by atoms with Gasteiger partial charge in [-0.3, -0.25) is 9.59 Å². The lowest BCUT2D eigenvalue weighted by Crippen LogP contribution is -2.40. The third-order valence-corrected chi connectivity index (χ3v) is 5.49. The SMILES string of the molecule is O=C(c1ccc(Br)cc1)c1oc2ccccc2c1NC(=O)[C@@H]1COc2ccccc2O1. The number of fused-ring (bicyclic) bond motifs is 2. The molecular formula is C24H16BrNO5. The smallest absolute Gasteiger partial charge is 0.269 e. The molecule has 0 spiro atoms. The quantitative estimate of drug-likeness (QED) is 0.408. The second-order valence-electron chi connectivity index (χ2n) is 6.99. The van der Waals surface area contributed by atoms with Gasteiger partial charge in [-0.05, 0) is 48.5 Å². The summed E-state index contributed by atoms with van der Waals surface area (Å²) in [5.41, 5.74) is 1.27. The minimum Gasteiger partial charge on any atom is -0.485 e. The molecule has 1 aromatic heterocycles. The molecule has 0 aliphatic carbocycles. The van der Waals surface area contributed by atoms with Gasteiger partial charge in [-0.15, -0.1) is 0 Å². The Kier molecular flexibility index (Phi) is 4.95. The number of hydrogen-bond acceptors (Lipinski definition) is 5. The van der Waals surface area contributed by atoms with E-state index in [0.717, 1.165) is 4.47 Å². The van der Waals surface area contributed by atoms with Gasteiger partial charge in [-0.25, -0.2) is 0 Å². The van der Waals surface area contributed by atoms with Gasteiger partial charge in [0.1, 0.15) is 12.2 Å². The summed E-state index contributed by atoms with van der Waals surface area (Å²) in [6, 6.07) is 21.3. The lowest BCUT2D eigenvalue weighted by Gasteiger charge is -2.25. The molecule has 5 rings (SSSR count). The number of ketones is 1. The van der Waals surface area contributed by atoms with Crippen LogP contribution in [0.25, 0.3) is 11.0 Å². The van der Waals surface area contributed by atoms with Crippen molar-refractivity contribution >= 4 is 44.3 Å². The number of hydrogen-bond donors (Lipinski definition) is 1. The van der Waals surface area contributed by atoms with E-state index < -0.39 is 12.0 Å². The number of carbonyl (C=O) groups is 2. The van der Waals surface area contributed by atoms with Gasteiger partial charge in [0.25, 0.3) is 5.91 Å². The largest absolute Gasteiger partial charge is 0.485 e. The van der Waals surface area contributed by atoms with Gasteiger partial charge in [-0.2, -0.15) is 0 Å². The Morgan fingerprint density at radius 2 is 1.61 bits per heavy atom. The Labute approximate surface area is 185 Å². The van der Waals surface area contributed by atoms with Gasteiger partial charge in [0.2, 0.25) is 11.9 Å². The van der Waals surface area contributed by atoms with Crippen molar-refractivity contribution < 1.29 is 23.5 Å². The van der Waals surface area contributed by atoms with Crippen molar-refractivity contribution in [2.45, 2.75) is 6.10 Å². The third kappa shape index (κ3) is 3.68. The maximum absolute atomic E-state index is 13.2. The highest BCUT2D eigenvalue weighted by atomic mass is 79.9. The second kappa shape index (κ2) is 7.92. The predicted octanol–water partition coefficient (Wildman–Crippen LogP) is 5.20. The van der Waals surface area contributed by atoms with Crippen LogP contribution in [0.15, 0.2) is 81.7 Å². The van der Waals surface area contributed by atoms with Crippen LogP contribution in [0.5, 0.6) is 11.5 Å². The van der Waals surface area contributed by atoms with Crippen LogP contribution in [-0.2, 0) is 4.79 Å². The van der Waals surface area contributed by atoms with Crippen LogP contribution < -0.4 is 14.8 Å². The number of furan rings is 1. The standard InChI is InChI=1S/C24H16BrNO5/c25-15-11-9-14(10-12-15)22(27)23-21(16-5-1-2-6-17(16)31-23)26-24(28)20-13-29-18-7-3-4-8-19(18)30-20/h1-12,20H,13H2,(H,26,28)/t20-/m0/s1. The van der Waals surface area contributed by atoms with Crippen LogP contribution in [-0.4, -0.2) is 24.4 Å². The first kappa shape index (κ1) is 19.4. The molecule has 1 aliphatic rings. The molecule has 3 aromatic carbocycles. The van der Waals surface area contributed by atoms with Crippen LogP contribution in [0.2, 0.25) is 0 Å². The number of nitrogens with one attached hydrogen (secondary N) is 1. The lowest BCUT2D eigenvalue weighted by molar-refractivity contribution is -0.125. The van der Waals surface area contributed by atoms with Crippen LogP contribution >= 0.6 is 15.9 Å². The number of halogens is 1. The van der Waals surface area contributed by atoms with Crippen molar-refractivity contribution in [3.63, 3.8) is 0 Å². The number of carbonyl (C=O) groups excluding carboxylic acids is 2. The average Bonchev–Trinajstić information content (AvgIpc) is 3.17. The topological polar surface area (TPSA) is 77.8 Å². The minimum absolute atomic E-state index is 0.0639. The molecule has 154 valence electrons. The molecule has 0 saturated heterocycles. The molecule has 1 atom stereocenters. The molecule has 1 N–H and O–H groups in total. The molecule has 7 heteroatoms. The Morgan fingerprint density at radius 3 is 2.42 bits per heavy atom. The summed E-state index contributed by atoms with van der Waals surface area (Å²) in [4.78, 5) is 26.2. The van der Waals surface area contributed by atoms with Crippen molar-refractivity contribution in [3.05, 3.63) is 88.6 Å². The highest BCUT2D eigenvalue weighted by molar-refractivity contribution is 9.10. The maximum atomic E-state index is 13.2. The molecule has 4 aromatic rings. The number of rotatable bonds is 4. The zero-order valence-electron chi connectivity index (χ0n) is 16.1. The number of ether oxygens (including phenoxy) is 2. The number of anilines is 1. The van der Waals surface area contributed by atoms with E-state index >= 15 is 0 Å². The van der Waals surface area contributed by atoms with Gasteiger partial charge < -0.3 is 19.2 Å². The highest BCUT2D eigenvalue weighted by Crippen LogP contribution is 2.34. The molecule has 0 radical (unpaired) electrons. The molecule has 6 nitrogen and oxygen atoms in total. The van der Waals surface area contributed by atoms with Crippen molar-refractivity contribution in [3.8, 4) is 11.5 Å². The molecule has 0 saturated carbocycles. The fourth-order valence-corrected chi connectivity index (χ4v) is 3.68. The normalized spacial score (nSPS) is 14.9. The zero-order chi connectivity index (χ0) is 21.4. The van der Waals surface area contributed by atoms with E-state index in [0.29, 0.717) is 33.7 Å². The van der Waals surface area contributed by atoms with Crippen LogP contribution in [0.3, 0.4) is 0 Å². The maximum Gasteiger partial charge on any atom is 0.269 e. The Hall–Kier alpha value is -3.58. The van der Waals surface area contributed by atoms with Crippen LogP contribution in [0.1, 0.15) is 16.1 Å². The van der Waals surface area contributed by atoms with Gasteiger partial charge in [0, 0.05) is 15.4 Å². The number of benzene rings is 3. The molecule has 1 aliphatic heterocycles. The summed E-state index contributed by atoms with van der Waals surface area (Å²) in [5.74, 6) is 0.397. The summed E-state index contributed by atoms with van der Waals surface area (Å²) in [6.07, 6.45) is -0.862. The Morgan fingerprint density at radius 1 is 0.903 bits per heavy atom. The molecule has 1 amide bonds. The molecule has 0 bridgehead atoms. The van der Waals surface area contributed by atoms with Gasteiger partial charge in [0.15, 0.2) is 17.3 Å². The summed E-state index contributed by atoms with van der Waals surface area (Å²) in [7, 11) is 0. The van der Waals surface area contributed by atoms with E-state index in [1.165, 1.54) is 0 Å². The van der Waals surface area contributed by atoms with E-state index in [1.54, 1.807) is 60.7 Å². The summed E-state index contributed by atoms with van der Waals surface area (Å²) in [5, 5.41) is 3.46. The summed E-state index contributed by atoms with van der Waals surface area (Å²) >= 11 is 3.36. The van der Waals surface area contributed by atoms with Gasteiger partial charge >= 0.3 is 0 Å². The van der Waals surface area contributed by atoms with E-state index in [4.69, 9.17) is 13.9 Å². The van der Waals surface area contributed by atoms with E-state index in [-0.39, 0.29) is 18.2 Å². The van der Waals surface area contributed by atoms with E-state index in [9.17, 15) is 9.59 Å². The van der Waals surface area contributed by atoms with Crippen molar-refractivity contribution in [1.82, 2.24) is 0 Å². The first-order chi connectivity index (χ1) is 15.1. The minimum atomic E-state index is -0.862. The Balaban J connectivity index is 1.48. The first-order valence-electron chi connectivity index (χ1n) is 9.61. The first-order valence-corrected chi connectivity index (χ1v) is 10.4. The van der Waals surface area contributed by atoms with Crippen molar-refractivity contribution in [2.24, 2.45) is 0 Å². The average molecular weight is 478 g/mol. The van der Waals surface area contributed by atoms with Crippen molar-refractivity contribution in [2.75, 3.05) is 11.9 Å². The van der Waals surface area contributed by atoms with Gasteiger partial charge in [-0.1, -0.05) is 40.2 Å². The predicted molar refractivity (Wildman–Crippen MR) is 119 cm³/mol. The van der Waals surface area contributed by atoms with E-state index in [2.05, 4.69) is 21.2 Å². The monoisotopic (exact) mass is 477 g/mol. The molecule has 0 fully saturated rings. The fraction of sp³-hybridized carbons (Fsp3) is 0.0833. The highest BCUT2D eigenvalue weighted by Gasteiger charge is 2.30. The third-order valence-electron chi connectivity index (χ3n) is 4.96. The summed E-state index contributed by atoms with van der Waals surface area (Å²) < 4.78 is 18.1. The molecule has 2 heterocycles. The van der Waals surface area contributed by atoms with Crippen LogP contribution in [0, 0.1) is 0 Å². The second-order valence-corrected chi connectivity index (χ2v) is 7.91. The molecule has 31 heavy (non-hydrogen) atoms. The number of para-hydroxylation sites is 3. The van der Waals surface area contributed by atoms with E-state index in [1.807, 2.05) is 12.1 Å². The van der Waals surface area contributed by atoms with Gasteiger partial charge in [0.05, 0.1) is 5.69 Å². The molecular weight excluding hydrogens is 462 g/mol. The number of amides is 1. The summed E-state index contributed by atoms with van der Waals surface area (Å²) in [6.45, 7) is 0.0641. The van der Waals surface area contributed by atoms with Crippen LogP contribution in [0.4, 0.5) is 5.69 Å². The molecule has 0 unspecified atom stereocenters. The Bertz CT molecular complexity index is 1300. The lowest BCUT2D eigenvalue weighted by atomic mass is 10.1. The van der Waals surface area contributed by atoms with Crippen molar-refractivity contribution in [1.29, 1.82) is 0 Å². The zero-order valence-corrected chi connectivity index (χ0v) is 17.7. The fourth-order valence-electron chi connectivity index (χ4n) is 3.41.